The second-order valence-corrected chi connectivity index (χ2v) is 3.23. The van der Waals surface area contributed by atoms with E-state index in [1.165, 1.54) is 6.20 Å². The molecule has 0 aliphatic heterocycles. The van der Waals surface area contributed by atoms with Gasteiger partial charge in [-0.3, -0.25) is 4.98 Å². The molecule has 4 heteroatoms. The third kappa shape index (κ3) is 1.27. The van der Waals surface area contributed by atoms with Crippen molar-refractivity contribution < 1.29 is 0 Å². The quantitative estimate of drug-likeness (QED) is 0.673. The van der Waals surface area contributed by atoms with E-state index in [9.17, 15) is 0 Å². The molecule has 0 aliphatic carbocycles. The summed E-state index contributed by atoms with van der Waals surface area (Å²) in [6, 6.07) is 5.34. The van der Waals surface area contributed by atoms with Gasteiger partial charge in [-0.05, 0) is 18.2 Å². The fraction of sp³-hybridized carbons (Fsp3) is 0. The van der Waals surface area contributed by atoms with Crippen LogP contribution in [0.15, 0.2) is 24.4 Å². The third-order valence-corrected chi connectivity index (χ3v) is 2.14. The van der Waals surface area contributed by atoms with E-state index in [0.29, 0.717) is 16.4 Å². The lowest BCUT2D eigenvalue weighted by molar-refractivity contribution is 1.41. The van der Waals surface area contributed by atoms with Crippen LogP contribution >= 0.6 is 11.6 Å². The molecule has 0 aliphatic rings. The number of nitrogen functional groups attached to an aromatic ring is 2. The average molecular weight is 194 g/mol. The highest BCUT2D eigenvalue weighted by atomic mass is 35.5. The number of pyridine rings is 1. The van der Waals surface area contributed by atoms with Crippen LogP contribution in [-0.2, 0) is 0 Å². The standard InChI is InChI=1S/C9H8ClN3/c10-5-1-2-6-8(3-5)13-4-7(11)9(6)12/h1-4H,11H2,(H2,12,13). The Kier molecular flexibility index (Phi) is 1.74. The van der Waals surface area contributed by atoms with Crippen LogP contribution in [0.5, 0.6) is 0 Å². The highest BCUT2D eigenvalue weighted by Gasteiger charge is 2.02. The van der Waals surface area contributed by atoms with Gasteiger partial charge >= 0.3 is 0 Å². The molecule has 2 aromatic rings. The van der Waals surface area contributed by atoms with Crippen LogP contribution in [0.3, 0.4) is 0 Å². The number of hydrogen-bond acceptors (Lipinski definition) is 3. The summed E-state index contributed by atoms with van der Waals surface area (Å²) in [7, 11) is 0. The molecule has 0 bridgehead atoms. The number of nitrogens with two attached hydrogens (primary N) is 2. The Morgan fingerprint density at radius 2 is 2.00 bits per heavy atom. The summed E-state index contributed by atoms with van der Waals surface area (Å²) in [5, 5.41) is 1.48. The Bertz CT molecular complexity index is 468. The molecule has 0 saturated heterocycles. The molecule has 2 rings (SSSR count). The van der Waals surface area contributed by atoms with Gasteiger partial charge in [-0.2, -0.15) is 0 Å². The Hall–Kier alpha value is -1.48. The van der Waals surface area contributed by atoms with Gasteiger partial charge in [0.2, 0.25) is 0 Å². The van der Waals surface area contributed by atoms with Crippen molar-refractivity contribution in [2.75, 3.05) is 11.5 Å². The zero-order valence-electron chi connectivity index (χ0n) is 6.79. The van der Waals surface area contributed by atoms with Gasteiger partial charge in [0.05, 0.1) is 23.1 Å². The SMILES string of the molecule is Nc1cnc2cc(Cl)ccc2c1N. The molecule has 3 nitrogen and oxygen atoms in total. The summed E-state index contributed by atoms with van der Waals surface area (Å²) in [5.41, 5.74) is 13.2. The van der Waals surface area contributed by atoms with Gasteiger partial charge in [0.15, 0.2) is 0 Å². The van der Waals surface area contributed by atoms with Crippen LogP contribution in [-0.4, -0.2) is 4.98 Å². The fourth-order valence-corrected chi connectivity index (χ4v) is 1.37. The van der Waals surface area contributed by atoms with E-state index < -0.39 is 0 Å². The Morgan fingerprint density at radius 3 is 2.77 bits per heavy atom. The van der Waals surface area contributed by atoms with Crippen molar-refractivity contribution in [3.05, 3.63) is 29.4 Å². The maximum absolute atomic E-state index is 5.80. The van der Waals surface area contributed by atoms with Gasteiger partial charge in [-0.1, -0.05) is 11.6 Å². The van der Waals surface area contributed by atoms with Crippen LogP contribution in [0, 0.1) is 0 Å². The first-order chi connectivity index (χ1) is 6.18. The molecule has 0 amide bonds. The lowest BCUT2D eigenvalue weighted by atomic mass is 10.2. The van der Waals surface area contributed by atoms with E-state index >= 15 is 0 Å². The molecule has 1 aromatic heterocycles. The van der Waals surface area contributed by atoms with Crippen molar-refractivity contribution in [1.82, 2.24) is 4.98 Å². The van der Waals surface area contributed by atoms with E-state index in [1.54, 1.807) is 12.1 Å². The Labute approximate surface area is 80.3 Å². The van der Waals surface area contributed by atoms with Crippen molar-refractivity contribution in [1.29, 1.82) is 0 Å². The topological polar surface area (TPSA) is 64.9 Å². The van der Waals surface area contributed by atoms with Gasteiger partial charge in [0, 0.05) is 10.4 Å². The average Bonchev–Trinajstić information content (AvgIpc) is 2.12. The molecular weight excluding hydrogens is 186 g/mol. The molecule has 0 saturated carbocycles. The van der Waals surface area contributed by atoms with E-state index in [2.05, 4.69) is 4.98 Å². The number of fused-ring (bicyclic) bond motifs is 1. The maximum Gasteiger partial charge on any atom is 0.0740 e. The van der Waals surface area contributed by atoms with Gasteiger partial charge < -0.3 is 11.5 Å². The first-order valence-corrected chi connectivity index (χ1v) is 4.15. The number of anilines is 2. The third-order valence-electron chi connectivity index (χ3n) is 1.90. The minimum absolute atomic E-state index is 0.495. The number of halogens is 1. The van der Waals surface area contributed by atoms with Gasteiger partial charge in [-0.15, -0.1) is 0 Å². The minimum atomic E-state index is 0.495. The van der Waals surface area contributed by atoms with Crippen LogP contribution in [0.25, 0.3) is 10.9 Å². The van der Waals surface area contributed by atoms with Gasteiger partial charge in [0.25, 0.3) is 0 Å². The first kappa shape index (κ1) is 8.13. The smallest absolute Gasteiger partial charge is 0.0740 e. The molecule has 0 unspecified atom stereocenters. The Morgan fingerprint density at radius 1 is 1.23 bits per heavy atom. The summed E-state index contributed by atoms with van der Waals surface area (Å²) < 4.78 is 0. The molecule has 1 aromatic carbocycles. The minimum Gasteiger partial charge on any atom is -0.396 e. The normalized spacial score (nSPS) is 10.5. The molecular formula is C9H8ClN3. The summed E-state index contributed by atoms with van der Waals surface area (Å²) >= 11 is 5.80. The van der Waals surface area contributed by atoms with Crippen LogP contribution < -0.4 is 11.5 Å². The molecule has 0 fully saturated rings. The molecule has 4 N–H and O–H groups in total. The highest BCUT2D eigenvalue weighted by Crippen LogP contribution is 2.26. The zero-order valence-corrected chi connectivity index (χ0v) is 7.55. The lowest BCUT2D eigenvalue weighted by Crippen LogP contribution is -1.96. The zero-order chi connectivity index (χ0) is 9.42. The van der Waals surface area contributed by atoms with E-state index in [1.807, 2.05) is 6.07 Å². The van der Waals surface area contributed by atoms with Crippen LogP contribution in [0.2, 0.25) is 5.02 Å². The summed E-state index contributed by atoms with van der Waals surface area (Å²) in [4.78, 5) is 4.11. The molecule has 13 heavy (non-hydrogen) atoms. The first-order valence-electron chi connectivity index (χ1n) is 3.77. The predicted octanol–water partition coefficient (Wildman–Crippen LogP) is 2.05. The van der Waals surface area contributed by atoms with Crippen molar-refractivity contribution >= 4 is 33.9 Å². The number of rotatable bonds is 0. The van der Waals surface area contributed by atoms with E-state index in [0.717, 1.165) is 10.9 Å². The van der Waals surface area contributed by atoms with E-state index in [-0.39, 0.29) is 0 Å². The van der Waals surface area contributed by atoms with Crippen LogP contribution in [0.1, 0.15) is 0 Å². The summed E-state index contributed by atoms with van der Waals surface area (Å²) in [6.07, 6.45) is 1.54. The molecule has 0 atom stereocenters. The molecule has 0 radical (unpaired) electrons. The number of aromatic nitrogens is 1. The molecule has 1 heterocycles. The van der Waals surface area contributed by atoms with Crippen molar-refractivity contribution in [2.24, 2.45) is 0 Å². The fourth-order valence-electron chi connectivity index (χ4n) is 1.20. The van der Waals surface area contributed by atoms with Gasteiger partial charge in [0.1, 0.15) is 0 Å². The van der Waals surface area contributed by atoms with Crippen molar-refractivity contribution in [3.63, 3.8) is 0 Å². The highest BCUT2D eigenvalue weighted by molar-refractivity contribution is 6.31. The number of hydrogen-bond donors (Lipinski definition) is 2. The second kappa shape index (κ2) is 2.78. The van der Waals surface area contributed by atoms with Gasteiger partial charge in [-0.25, -0.2) is 0 Å². The summed E-state index contributed by atoms with van der Waals surface area (Å²) in [6.45, 7) is 0. The monoisotopic (exact) mass is 193 g/mol. The lowest BCUT2D eigenvalue weighted by Gasteiger charge is -2.03. The van der Waals surface area contributed by atoms with Crippen molar-refractivity contribution in [2.45, 2.75) is 0 Å². The second-order valence-electron chi connectivity index (χ2n) is 2.79. The van der Waals surface area contributed by atoms with Crippen molar-refractivity contribution in [3.8, 4) is 0 Å². The Balaban J connectivity index is 2.87. The largest absolute Gasteiger partial charge is 0.396 e. The van der Waals surface area contributed by atoms with Crippen LogP contribution in [0.4, 0.5) is 11.4 Å². The molecule has 0 spiro atoms. The number of nitrogens with zero attached hydrogens (tertiary/aromatic N) is 1. The van der Waals surface area contributed by atoms with E-state index in [4.69, 9.17) is 23.1 Å². The number of benzene rings is 1. The summed E-state index contributed by atoms with van der Waals surface area (Å²) in [5.74, 6) is 0. The molecule has 66 valence electrons. The predicted molar refractivity (Wildman–Crippen MR) is 55.6 cm³/mol. The maximum atomic E-state index is 5.80.